The van der Waals surface area contributed by atoms with Gasteiger partial charge in [0.15, 0.2) is 0 Å². The van der Waals surface area contributed by atoms with Crippen molar-refractivity contribution >= 4 is 42.1 Å². The minimum Gasteiger partial charge on any atom is -0.338 e. The second-order valence-electron chi connectivity index (χ2n) is 6.52. The van der Waals surface area contributed by atoms with Gasteiger partial charge in [0, 0.05) is 19.5 Å². The third kappa shape index (κ3) is 4.38. The first-order chi connectivity index (χ1) is 10.1. The number of amides is 1. The van der Waals surface area contributed by atoms with E-state index in [0.717, 1.165) is 37.1 Å². The summed E-state index contributed by atoms with van der Waals surface area (Å²) in [6.45, 7) is 2.05. The minimum absolute atomic E-state index is 0. The highest BCUT2D eigenvalue weighted by atomic mass is 35.5. The number of nitrogens with two attached hydrogens (primary N) is 1. The molecule has 0 aromatic carbocycles. The van der Waals surface area contributed by atoms with Gasteiger partial charge in [0.1, 0.15) is 0 Å². The number of thiazole rings is 1. The van der Waals surface area contributed by atoms with Crippen LogP contribution in [0.4, 0.5) is 0 Å². The van der Waals surface area contributed by atoms with E-state index in [1.165, 1.54) is 17.0 Å². The Bertz CT molecular complexity index is 537. The van der Waals surface area contributed by atoms with Gasteiger partial charge in [-0.3, -0.25) is 4.79 Å². The van der Waals surface area contributed by atoms with E-state index in [1.807, 2.05) is 11.9 Å². The molecule has 2 aliphatic carbocycles. The summed E-state index contributed by atoms with van der Waals surface area (Å²) in [6.07, 6.45) is 7.21. The zero-order valence-corrected chi connectivity index (χ0v) is 16.2. The number of rotatable bonds is 3. The van der Waals surface area contributed by atoms with Crippen molar-refractivity contribution in [2.24, 2.45) is 11.7 Å². The number of carbonyl (C=O) groups is 1. The number of hydrogen-bond acceptors (Lipinski definition) is 4. The molecule has 0 spiro atoms. The van der Waals surface area contributed by atoms with Crippen LogP contribution in [-0.4, -0.2) is 28.9 Å². The third-order valence-electron chi connectivity index (χ3n) is 5.04. The molecule has 7 heteroatoms. The molecule has 1 heterocycles. The fourth-order valence-electron chi connectivity index (χ4n) is 3.75. The number of nitrogens with zero attached hydrogens (tertiary/aromatic N) is 2. The van der Waals surface area contributed by atoms with Gasteiger partial charge in [0.25, 0.3) is 0 Å². The smallest absolute Gasteiger partial charge is 0.223 e. The summed E-state index contributed by atoms with van der Waals surface area (Å²) in [6, 6.07) is 0.444. The molecule has 0 radical (unpaired) electrons. The molecule has 132 valence electrons. The lowest BCUT2D eigenvalue weighted by atomic mass is 9.95. The molecule has 0 aliphatic heterocycles. The topological polar surface area (TPSA) is 59.2 Å². The predicted octanol–water partition coefficient (Wildman–Crippen LogP) is 3.65. The fraction of sp³-hybridized carbons (Fsp3) is 0.750. The number of carbonyl (C=O) groups excluding carboxylic acids is 1. The van der Waals surface area contributed by atoms with Crippen LogP contribution in [0.1, 0.15) is 60.1 Å². The van der Waals surface area contributed by atoms with Gasteiger partial charge in [-0.2, -0.15) is 0 Å². The largest absolute Gasteiger partial charge is 0.338 e. The Morgan fingerprint density at radius 1 is 1.30 bits per heavy atom. The summed E-state index contributed by atoms with van der Waals surface area (Å²) in [7, 11) is 1.96. The van der Waals surface area contributed by atoms with Gasteiger partial charge in [0.05, 0.1) is 21.6 Å². The third-order valence-corrected chi connectivity index (χ3v) is 6.16. The van der Waals surface area contributed by atoms with Crippen LogP contribution in [0.3, 0.4) is 0 Å². The van der Waals surface area contributed by atoms with Crippen LogP contribution in [0, 0.1) is 12.8 Å². The fourth-order valence-corrected chi connectivity index (χ4v) is 4.90. The molecule has 2 N–H and O–H groups in total. The molecule has 1 amide bonds. The van der Waals surface area contributed by atoms with E-state index < -0.39 is 0 Å². The quantitative estimate of drug-likeness (QED) is 0.871. The van der Waals surface area contributed by atoms with Crippen LogP contribution >= 0.6 is 36.2 Å². The zero-order valence-electron chi connectivity index (χ0n) is 13.8. The predicted molar refractivity (Wildman–Crippen MR) is 99.7 cm³/mol. The summed E-state index contributed by atoms with van der Waals surface area (Å²) >= 11 is 1.76. The summed E-state index contributed by atoms with van der Waals surface area (Å²) in [5.74, 6) is 0.632. The van der Waals surface area contributed by atoms with Crippen molar-refractivity contribution in [1.82, 2.24) is 9.88 Å². The maximum absolute atomic E-state index is 12.6. The van der Waals surface area contributed by atoms with Crippen LogP contribution in [-0.2, 0) is 11.2 Å². The molecule has 1 fully saturated rings. The molecule has 4 nitrogen and oxygen atoms in total. The highest BCUT2D eigenvalue weighted by molar-refractivity contribution is 7.11. The lowest BCUT2D eigenvalue weighted by Crippen LogP contribution is -2.36. The molecule has 0 saturated heterocycles. The minimum atomic E-state index is 0. The first kappa shape index (κ1) is 20.7. The molecule has 1 unspecified atom stereocenters. The number of fused-ring (bicyclic) bond motifs is 1. The molecule has 3 atom stereocenters. The van der Waals surface area contributed by atoms with Gasteiger partial charge in [-0.05, 0) is 44.9 Å². The van der Waals surface area contributed by atoms with E-state index in [4.69, 9.17) is 5.73 Å². The van der Waals surface area contributed by atoms with E-state index in [0.29, 0.717) is 12.3 Å². The SMILES string of the molecule is Cc1nc2c(s1)C(N(C)C(=O)C[C@@H]1CCC[C@H]1N)CCC2.Cl.Cl. The molecule has 3 rings (SSSR count). The van der Waals surface area contributed by atoms with Crippen molar-refractivity contribution in [2.75, 3.05) is 7.05 Å². The standard InChI is InChI=1S/C16H25N3OS.2ClH/c1-10-18-13-7-4-8-14(16(13)21-10)19(2)15(20)9-11-5-3-6-12(11)17;;/h11-12,14H,3-9,17H2,1-2H3;2*1H/t11-,12+,14?;;/m0../s1. The highest BCUT2D eigenvalue weighted by Gasteiger charge is 2.32. The van der Waals surface area contributed by atoms with Crippen molar-refractivity contribution in [3.8, 4) is 0 Å². The number of aryl methyl sites for hydroxylation is 2. The Hall–Kier alpha value is -0.360. The molecule has 1 aromatic heterocycles. The van der Waals surface area contributed by atoms with Crippen molar-refractivity contribution < 1.29 is 4.79 Å². The summed E-state index contributed by atoms with van der Waals surface area (Å²) in [5, 5.41) is 1.12. The first-order valence-electron chi connectivity index (χ1n) is 8.03. The monoisotopic (exact) mass is 379 g/mol. The van der Waals surface area contributed by atoms with Crippen LogP contribution < -0.4 is 5.73 Å². The van der Waals surface area contributed by atoms with Crippen LogP contribution in [0.25, 0.3) is 0 Å². The zero-order chi connectivity index (χ0) is 15.0. The lowest BCUT2D eigenvalue weighted by molar-refractivity contribution is -0.133. The van der Waals surface area contributed by atoms with Crippen molar-refractivity contribution in [1.29, 1.82) is 0 Å². The average molecular weight is 380 g/mol. The molecule has 1 aromatic rings. The maximum atomic E-state index is 12.6. The Kier molecular flexibility index (Phi) is 7.78. The van der Waals surface area contributed by atoms with Gasteiger partial charge < -0.3 is 10.6 Å². The molecule has 2 aliphatic rings. The van der Waals surface area contributed by atoms with E-state index >= 15 is 0 Å². The van der Waals surface area contributed by atoms with E-state index in [1.54, 1.807) is 11.3 Å². The maximum Gasteiger partial charge on any atom is 0.223 e. The van der Waals surface area contributed by atoms with Gasteiger partial charge in [0.2, 0.25) is 5.91 Å². The summed E-state index contributed by atoms with van der Waals surface area (Å²) in [4.78, 5) is 20.5. The van der Waals surface area contributed by atoms with Crippen molar-refractivity contribution in [3.05, 3.63) is 15.6 Å². The second kappa shape index (κ2) is 8.65. The van der Waals surface area contributed by atoms with Crippen molar-refractivity contribution in [2.45, 2.75) is 64.0 Å². The van der Waals surface area contributed by atoms with Crippen LogP contribution in [0.15, 0.2) is 0 Å². The normalized spacial score (nSPS) is 26.0. The van der Waals surface area contributed by atoms with Crippen molar-refractivity contribution in [3.63, 3.8) is 0 Å². The van der Waals surface area contributed by atoms with Gasteiger partial charge in [-0.1, -0.05) is 6.42 Å². The van der Waals surface area contributed by atoms with Gasteiger partial charge in [-0.25, -0.2) is 4.98 Å². The van der Waals surface area contributed by atoms with Gasteiger partial charge in [-0.15, -0.1) is 36.2 Å². The molecule has 0 bridgehead atoms. The Morgan fingerprint density at radius 2 is 2.04 bits per heavy atom. The van der Waals surface area contributed by atoms with Crippen LogP contribution in [0.5, 0.6) is 0 Å². The summed E-state index contributed by atoms with van der Waals surface area (Å²) < 4.78 is 0. The molecule has 23 heavy (non-hydrogen) atoms. The summed E-state index contributed by atoms with van der Waals surface area (Å²) in [5.41, 5.74) is 7.32. The van der Waals surface area contributed by atoms with E-state index in [2.05, 4.69) is 11.9 Å². The van der Waals surface area contributed by atoms with Crippen LogP contribution in [0.2, 0.25) is 0 Å². The van der Waals surface area contributed by atoms with E-state index in [9.17, 15) is 4.79 Å². The number of hydrogen-bond donors (Lipinski definition) is 1. The average Bonchev–Trinajstić information content (AvgIpc) is 3.02. The Morgan fingerprint density at radius 3 is 2.70 bits per heavy atom. The Labute approximate surface area is 155 Å². The number of aromatic nitrogens is 1. The highest BCUT2D eigenvalue weighted by Crippen LogP contribution is 2.38. The van der Waals surface area contributed by atoms with E-state index in [-0.39, 0.29) is 42.8 Å². The lowest BCUT2D eigenvalue weighted by Gasteiger charge is -2.31. The Balaban J connectivity index is 0.00000132. The second-order valence-corrected chi connectivity index (χ2v) is 7.75. The molecular formula is C16H27Cl2N3OS. The molecular weight excluding hydrogens is 353 g/mol. The van der Waals surface area contributed by atoms with Gasteiger partial charge >= 0.3 is 0 Å². The molecule has 1 saturated carbocycles. The number of halogens is 2. The first-order valence-corrected chi connectivity index (χ1v) is 8.85.